The van der Waals surface area contributed by atoms with Gasteiger partial charge >= 0.3 is 6.61 Å². The summed E-state index contributed by atoms with van der Waals surface area (Å²) in [6, 6.07) is 6.26. The standard InChI is InChI=1S/C23H25F2N5O2S2/c24-22(25)32-15-7-5-14(6-8-15)26-23(33)30-11-9-29(10-12-30)13-18-27-20(31)19-16-3-1-2-4-17(16)34-21(19)28-18/h5-8,22H,1-4,9-13H2,(H,26,33)(H,27,28,31). The average Bonchev–Trinajstić information content (AvgIpc) is 3.19. The number of rotatable bonds is 5. The van der Waals surface area contributed by atoms with Gasteiger partial charge in [0.05, 0.1) is 11.9 Å². The zero-order chi connectivity index (χ0) is 23.7. The van der Waals surface area contributed by atoms with Gasteiger partial charge in [0.2, 0.25) is 0 Å². The Kier molecular flexibility index (Phi) is 6.75. The fourth-order valence-corrected chi connectivity index (χ4v) is 6.11. The Hall–Kier alpha value is -2.63. The number of nitrogens with zero attached hydrogens (tertiary/aromatic N) is 3. The van der Waals surface area contributed by atoms with E-state index in [4.69, 9.17) is 17.2 Å². The smallest absolute Gasteiger partial charge is 0.387 e. The Morgan fingerprint density at radius 2 is 1.91 bits per heavy atom. The first-order chi connectivity index (χ1) is 16.5. The number of hydrogen-bond acceptors (Lipinski definition) is 6. The summed E-state index contributed by atoms with van der Waals surface area (Å²) < 4.78 is 28.9. The second-order valence-electron chi connectivity index (χ2n) is 8.50. The van der Waals surface area contributed by atoms with Crippen molar-refractivity contribution in [2.45, 2.75) is 38.8 Å². The molecule has 2 aliphatic rings. The molecule has 1 aliphatic heterocycles. The van der Waals surface area contributed by atoms with Gasteiger partial charge in [-0.3, -0.25) is 9.69 Å². The summed E-state index contributed by atoms with van der Waals surface area (Å²) in [6.45, 7) is 0.780. The zero-order valence-electron chi connectivity index (χ0n) is 18.5. The molecule has 0 unspecified atom stereocenters. The van der Waals surface area contributed by atoms with E-state index in [0.29, 0.717) is 23.2 Å². The summed E-state index contributed by atoms with van der Waals surface area (Å²) in [5, 5.41) is 4.52. The third kappa shape index (κ3) is 5.06. The van der Waals surface area contributed by atoms with Crippen LogP contribution in [0.15, 0.2) is 29.1 Å². The van der Waals surface area contributed by atoms with Gasteiger partial charge in [0.25, 0.3) is 5.56 Å². The van der Waals surface area contributed by atoms with E-state index in [1.807, 2.05) is 0 Å². The molecule has 0 spiro atoms. The molecule has 180 valence electrons. The number of benzene rings is 1. The molecule has 1 fully saturated rings. The van der Waals surface area contributed by atoms with Crippen LogP contribution in [0.3, 0.4) is 0 Å². The minimum absolute atomic E-state index is 0.0200. The molecule has 0 bridgehead atoms. The first kappa shape index (κ1) is 23.1. The molecule has 3 aromatic rings. The molecule has 0 atom stereocenters. The van der Waals surface area contributed by atoms with Gasteiger partial charge in [-0.25, -0.2) is 4.98 Å². The highest BCUT2D eigenvalue weighted by Crippen LogP contribution is 2.33. The summed E-state index contributed by atoms with van der Waals surface area (Å²) in [4.78, 5) is 27.1. The summed E-state index contributed by atoms with van der Waals surface area (Å²) in [7, 11) is 0. The minimum atomic E-state index is -2.85. The van der Waals surface area contributed by atoms with Gasteiger partial charge in [-0.1, -0.05) is 0 Å². The predicted molar refractivity (Wildman–Crippen MR) is 133 cm³/mol. The van der Waals surface area contributed by atoms with Crippen molar-refractivity contribution in [3.63, 3.8) is 0 Å². The van der Waals surface area contributed by atoms with Crippen LogP contribution in [0.2, 0.25) is 0 Å². The Morgan fingerprint density at radius 1 is 1.18 bits per heavy atom. The van der Waals surface area contributed by atoms with E-state index >= 15 is 0 Å². The summed E-state index contributed by atoms with van der Waals surface area (Å²) in [6.07, 6.45) is 4.35. The van der Waals surface area contributed by atoms with Crippen LogP contribution >= 0.6 is 23.6 Å². The molecule has 11 heteroatoms. The third-order valence-corrected chi connectivity index (χ3v) is 7.78. The van der Waals surface area contributed by atoms with E-state index in [0.717, 1.165) is 55.7 Å². The number of hydrogen-bond donors (Lipinski definition) is 2. The fourth-order valence-electron chi connectivity index (χ4n) is 4.53. The van der Waals surface area contributed by atoms with Crippen molar-refractivity contribution in [3.8, 4) is 5.75 Å². The van der Waals surface area contributed by atoms with Gasteiger partial charge in [-0.15, -0.1) is 11.3 Å². The monoisotopic (exact) mass is 505 g/mol. The number of aromatic nitrogens is 2. The molecule has 2 N–H and O–H groups in total. The number of thiophene rings is 1. The number of fused-ring (bicyclic) bond motifs is 3. The number of ether oxygens (including phenoxy) is 1. The van der Waals surface area contributed by atoms with Gasteiger partial charge in [0.1, 0.15) is 16.4 Å². The average molecular weight is 506 g/mol. The number of H-pyrrole nitrogens is 1. The molecule has 0 saturated carbocycles. The Bertz CT molecular complexity index is 1240. The van der Waals surface area contributed by atoms with Crippen molar-refractivity contribution in [2.24, 2.45) is 0 Å². The van der Waals surface area contributed by atoms with Crippen LogP contribution in [0.25, 0.3) is 10.2 Å². The van der Waals surface area contributed by atoms with Crippen molar-refractivity contribution in [1.82, 2.24) is 19.8 Å². The lowest BCUT2D eigenvalue weighted by atomic mass is 9.97. The Balaban J connectivity index is 1.16. The van der Waals surface area contributed by atoms with Crippen LogP contribution in [0.1, 0.15) is 29.1 Å². The number of thiocarbonyl (C=S) groups is 1. The highest BCUT2D eigenvalue weighted by atomic mass is 32.1. The number of piperazine rings is 1. The van der Waals surface area contributed by atoms with Crippen LogP contribution in [-0.4, -0.2) is 57.7 Å². The van der Waals surface area contributed by atoms with Crippen molar-refractivity contribution >= 4 is 44.6 Å². The van der Waals surface area contributed by atoms with Crippen LogP contribution in [0, 0.1) is 0 Å². The lowest BCUT2D eigenvalue weighted by Crippen LogP contribution is -2.49. The predicted octanol–water partition coefficient (Wildman–Crippen LogP) is 3.98. The first-order valence-electron chi connectivity index (χ1n) is 11.3. The summed E-state index contributed by atoms with van der Waals surface area (Å²) in [5.41, 5.74) is 1.90. The molecule has 0 amide bonds. The van der Waals surface area contributed by atoms with Crippen molar-refractivity contribution in [2.75, 3.05) is 31.5 Å². The maximum Gasteiger partial charge on any atom is 0.387 e. The Labute approximate surface area is 204 Å². The molecular formula is C23H25F2N5O2S2. The van der Waals surface area contributed by atoms with Crippen molar-refractivity contribution in [1.29, 1.82) is 0 Å². The molecule has 0 radical (unpaired) electrons. The largest absolute Gasteiger partial charge is 0.435 e. The van der Waals surface area contributed by atoms with E-state index in [9.17, 15) is 13.6 Å². The van der Waals surface area contributed by atoms with E-state index in [1.54, 1.807) is 23.5 Å². The second-order valence-corrected chi connectivity index (χ2v) is 9.97. The third-order valence-electron chi connectivity index (χ3n) is 6.24. The second kappa shape index (κ2) is 9.93. The lowest BCUT2D eigenvalue weighted by molar-refractivity contribution is -0.0498. The molecule has 3 heterocycles. The molecule has 1 saturated heterocycles. The normalized spacial score (nSPS) is 16.6. The van der Waals surface area contributed by atoms with Gasteiger partial charge in [-0.05, 0) is 67.7 Å². The molecule has 5 rings (SSSR count). The first-order valence-corrected chi connectivity index (χ1v) is 12.6. The number of halogens is 2. The maximum absolute atomic E-state index is 12.8. The molecule has 7 nitrogen and oxygen atoms in total. The van der Waals surface area contributed by atoms with Crippen molar-refractivity contribution in [3.05, 3.63) is 50.9 Å². The molecule has 34 heavy (non-hydrogen) atoms. The van der Waals surface area contributed by atoms with E-state index in [2.05, 4.69) is 24.8 Å². The van der Waals surface area contributed by atoms with Crippen LogP contribution in [-0.2, 0) is 19.4 Å². The highest BCUT2D eigenvalue weighted by molar-refractivity contribution is 7.80. The van der Waals surface area contributed by atoms with E-state index in [1.165, 1.54) is 29.0 Å². The SMILES string of the molecule is O=c1[nH]c(CN2CCN(C(=S)Nc3ccc(OC(F)F)cc3)CC2)nc2sc3c(c12)CCCC3. The number of alkyl halides is 2. The maximum atomic E-state index is 12.8. The number of anilines is 1. The fraction of sp³-hybridized carbons (Fsp3) is 0.435. The molecule has 2 aromatic heterocycles. The van der Waals surface area contributed by atoms with Crippen LogP contribution in [0.5, 0.6) is 5.75 Å². The molecule has 1 aromatic carbocycles. The molecule has 1 aliphatic carbocycles. The van der Waals surface area contributed by atoms with Gasteiger partial charge in [0, 0.05) is 36.7 Å². The summed E-state index contributed by atoms with van der Waals surface area (Å²) in [5.74, 6) is 0.809. The Morgan fingerprint density at radius 3 is 2.65 bits per heavy atom. The topological polar surface area (TPSA) is 73.5 Å². The van der Waals surface area contributed by atoms with Crippen molar-refractivity contribution < 1.29 is 13.5 Å². The quantitative estimate of drug-likeness (QED) is 0.508. The van der Waals surface area contributed by atoms with E-state index < -0.39 is 6.61 Å². The van der Waals surface area contributed by atoms with Crippen LogP contribution in [0.4, 0.5) is 14.5 Å². The van der Waals surface area contributed by atoms with E-state index in [-0.39, 0.29) is 11.3 Å². The van der Waals surface area contributed by atoms with Gasteiger partial charge in [-0.2, -0.15) is 8.78 Å². The summed E-state index contributed by atoms with van der Waals surface area (Å²) >= 11 is 7.20. The number of aryl methyl sites for hydroxylation is 2. The van der Waals surface area contributed by atoms with Gasteiger partial charge in [0.15, 0.2) is 5.11 Å². The number of nitrogens with one attached hydrogen (secondary N) is 2. The van der Waals surface area contributed by atoms with Gasteiger partial charge < -0.3 is 19.9 Å². The zero-order valence-corrected chi connectivity index (χ0v) is 20.1. The lowest BCUT2D eigenvalue weighted by Gasteiger charge is -2.35. The highest BCUT2D eigenvalue weighted by Gasteiger charge is 2.22. The molecular weight excluding hydrogens is 480 g/mol. The van der Waals surface area contributed by atoms with Crippen LogP contribution < -0.4 is 15.6 Å². The number of aromatic amines is 1. The minimum Gasteiger partial charge on any atom is -0.435 e.